The van der Waals surface area contributed by atoms with Crippen molar-refractivity contribution in [1.82, 2.24) is 19.3 Å². The summed E-state index contributed by atoms with van der Waals surface area (Å²) >= 11 is 0. The first-order chi connectivity index (χ1) is 19.2. The summed E-state index contributed by atoms with van der Waals surface area (Å²) in [6.45, 7) is 5.68. The van der Waals surface area contributed by atoms with Gasteiger partial charge in [-0.15, -0.1) is 0 Å². The predicted molar refractivity (Wildman–Crippen MR) is 153 cm³/mol. The van der Waals surface area contributed by atoms with Crippen LogP contribution in [-0.4, -0.2) is 45.2 Å². The van der Waals surface area contributed by atoms with Crippen molar-refractivity contribution in [3.63, 3.8) is 0 Å². The Bertz CT molecular complexity index is 1780. The van der Waals surface area contributed by atoms with Gasteiger partial charge in [0.25, 0.3) is 11.5 Å². The molecule has 3 heterocycles. The SMILES string of the molecule is COc1ccc(C(=O)NCCc2c(-c3cc(=O)n4ccccc4n3)n(C(=O)OC(C)(C)C)c3ccccc23)cc1. The Morgan fingerprint density at radius 3 is 2.42 bits per heavy atom. The number of nitrogens with zero attached hydrogens (tertiary/aromatic N) is 3. The van der Waals surface area contributed by atoms with Gasteiger partial charge in [-0.05, 0) is 75.2 Å². The van der Waals surface area contributed by atoms with Crippen molar-refractivity contribution in [1.29, 1.82) is 0 Å². The van der Waals surface area contributed by atoms with E-state index in [0.717, 1.165) is 10.9 Å². The number of benzene rings is 2. The van der Waals surface area contributed by atoms with E-state index in [4.69, 9.17) is 14.5 Å². The summed E-state index contributed by atoms with van der Waals surface area (Å²) in [5.74, 6) is 0.428. The minimum atomic E-state index is -0.747. The molecule has 1 N–H and O–H groups in total. The van der Waals surface area contributed by atoms with Crippen molar-refractivity contribution in [3.8, 4) is 17.1 Å². The largest absolute Gasteiger partial charge is 0.497 e. The minimum Gasteiger partial charge on any atom is -0.497 e. The maximum atomic E-state index is 13.6. The summed E-state index contributed by atoms with van der Waals surface area (Å²) in [6, 6.07) is 21.0. The summed E-state index contributed by atoms with van der Waals surface area (Å²) in [4.78, 5) is 44.2. The number of ether oxygens (including phenoxy) is 2. The number of pyridine rings is 1. The lowest BCUT2D eigenvalue weighted by Gasteiger charge is -2.21. The Morgan fingerprint density at radius 2 is 1.70 bits per heavy atom. The molecule has 204 valence electrons. The van der Waals surface area contributed by atoms with Gasteiger partial charge >= 0.3 is 6.09 Å². The standard InChI is InChI=1S/C31H30N4O5/c1-31(2,3)40-30(38)35-25-10-6-5-9-22(25)23(16-17-32-29(37)20-12-14-21(39-4)15-13-20)28(35)24-19-27(36)34-18-8-7-11-26(34)33-24/h5-15,18-19H,16-17H2,1-4H3,(H,32,37). The molecule has 0 spiro atoms. The van der Waals surface area contributed by atoms with Crippen molar-refractivity contribution in [2.75, 3.05) is 13.7 Å². The number of aromatic nitrogens is 3. The fourth-order valence-corrected chi connectivity index (χ4v) is 4.65. The van der Waals surface area contributed by atoms with Gasteiger partial charge in [-0.2, -0.15) is 0 Å². The molecule has 5 rings (SSSR count). The summed E-state index contributed by atoms with van der Waals surface area (Å²) in [5, 5.41) is 3.76. The molecule has 9 nitrogen and oxygen atoms in total. The van der Waals surface area contributed by atoms with Crippen LogP contribution >= 0.6 is 0 Å². The highest BCUT2D eigenvalue weighted by Crippen LogP contribution is 2.34. The summed E-state index contributed by atoms with van der Waals surface area (Å²) in [7, 11) is 1.57. The van der Waals surface area contributed by atoms with E-state index < -0.39 is 11.7 Å². The lowest BCUT2D eigenvalue weighted by Crippen LogP contribution is -2.28. The fraction of sp³-hybridized carbons (Fsp3) is 0.226. The van der Waals surface area contributed by atoms with Gasteiger partial charge < -0.3 is 14.8 Å². The average molecular weight is 539 g/mol. The maximum absolute atomic E-state index is 13.6. The molecule has 1 amide bonds. The number of amides is 1. The Kier molecular flexibility index (Phi) is 7.13. The van der Waals surface area contributed by atoms with Crippen molar-refractivity contribution >= 4 is 28.6 Å². The molecule has 0 fully saturated rings. The molecular formula is C31H30N4O5. The topological polar surface area (TPSA) is 104 Å². The van der Waals surface area contributed by atoms with Crippen LogP contribution in [0, 0.1) is 0 Å². The van der Waals surface area contributed by atoms with Crippen LogP contribution in [0.3, 0.4) is 0 Å². The molecule has 0 aliphatic heterocycles. The monoisotopic (exact) mass is 538 g/mol. The van der Waals surface area contributed by atoms with E-state index in [9.17, 15) is 14.4 Å². The molecule has 0 aliphatic rings. The van der Waals surface area contributed by atoms with Crippen LogP contribution in [0.2, 0.25) is 0 Å². The molecule has 0 bridgehead atoms. The molecule has 0 aliphatic carbocycles. The van der Waals surface area contributed by atoms with E-state index in [1.807, 2.05) is 24.3 Å². The molecule has 5 aromatic rings. The second kappa shape index (κ2) is 10.7. The fourth-order valence-electron chi connectivity index (χ4n) is 4.65. The van der Waals surface area contributed by atoms with E-state index in [1.54, 1.807) is 76.5 Å². The van der Waals surface area contributed by atoms with Crippen LogP contribution in [-0.2, 0) is 11.2 Å². The molecule has 0 unspecified atom stereocenters. The Hall–Kier alpha value is -4.92. The van der Waals surface area contributed by atoms with Gasteiger partial charge in [0, 0.05) is 29.8 Å². The van der Waals surface area contributed by atoms with Gasteiger partial charge in [0.2, 0.25) is 0 Å². The first-order valence-electron chi connectivity index (χ1n) is 12.9. The lowest BCUT2D eigenvalue weighted by molar-refractivity contribution is 0.0546. The van der Waals surface area contributed by atoms with Crippen LogP contribution in [0.4, 0.5) is 4.79 Å². The zero-order valence-electron chi connectivity index (χ0n) is 22.8. The number of rotatable bonds is 6. The van der Waals surface area contributed by atoms with Crippen LogP contribution in [0.1, 0.15) is 36.7 Å². The van der Waals surface area contributed by atoms with Crippen LogP contribution in [0.15, 0.2) is 83.8 Å². The molecule has 0 radical (unpaired) electrons. The third-order valence-electron chi connectivity index (χ3n) is 6.38. The normalized spacial score (nSPS) is 11.5. The summed E-state index contributed by atoms with van der Waals surface area (Å²) < 4.78 is 13.9. The van der Waals surface area contributed by atoms with E-state index >= 15 is 0 Å². The molecule has 9 heteroatoms. The molecule has 2 aromatic carbocycles. The van der Waals surface area contributed by atoms with E-state index in [-0.39, 0.29) is 18.0 Å². The van der Waals surface area contributed by atoms with Crippen molar-refractivity contribution in [2.45, 2.75) is 32.8 Å². The highest BCUT2D eigenvalue weighted by atomic mass is 16.6. The third-order valence-corrected chi connectivity index (χ3v) is 6.38. The van der Waals surface area contributed by atoms with Gasteiger partial charge in [-0.3, -0.25) is 14.0 Å². The van der Waals surface area contributed by atoms with Crippen molar-refractivity contribution in [3.05, 3.63) is 100 Å². The second-order valence-electron chi connectivity index (χ2n) is 10.3. The molecule has 3 aromatic heterocycles. The van der Waals surface area contributed by atoms with Gasteiger partial charge in [0.05, 0.1) is 24.0 Å². The highest BCUT2D eigenvalue weighted by Gasteiger charge is 2.27. The number of carbonyl (C=O) groups is 2. The molecule has 0 saturated heterocycles. The predicted octanol–water partition coefficient (Wildman–Crippen LogP) is 5.08. The quantitative estimate of drug-likeness (QED) is 0.323. The number of para-hydroxylation sites is 1. The highest BCUT2D eigenvalue weighted by molar-refractivity contribution is 5.99. The van der Waals surface area contributed by atoms with Crippen LogP contribution in [0.5, 0.6) is 5.75 Å². The smallest absolute Gasteiger partial charge is 0.419 e. The number of fused-ring (bicyclic) bond motifs is 2. The number of hydrogen-bond acceptors (Lipinski definition) is 6. The first kappa shape index (κ1) is 26.7. The first-order valence-corrected chi connectivity index (χ1v) is 12.9. The van der Waals surface area contributed by atoms with Crippen LogP contribution in [0.25, 0.3) is 27.9 Å². The van der Waals surface area contributed by atoms with Gasteiger partial charge in [0.1, 0.15) is 17.0 Å². The lowest BCUT2D eigenvalue weighted by atomic mass is 10.1. The van der Waals surface area contributed by atoms with Gasteiger partial charge in [0.15, 0.2) is 0 Å². The number of hydrogen-bond donors (Lipinski definition) is 1. The zero-order chi connectivity index (χ0) is 28.4. The van der Waals surface area contributed by atoms with E-state index in [2.05, 4.69) is 5.32 Å². The van der Waals surface area contributed by atoms with E-state index in [1.165, 1.54) is 15.0 Å². The van der Waals surface area contributed by atoms with Crippen molar-refractivity contribution in [2.24, 2.45) is 0 Å². The Morgan fingerprint density at radius 1 is 0.975 bits per heavy atom. The van der Waals surface area contributed by atoms with Gasteiger partial charge in [-0.1, -0.05) is 24.3 Å². The summed E-state index contributed by atoms with van der Waals surface area (Å²) in [6.07, 6.45) is 1.44. The zero-order valence-corrected chi connectivity index (χ0v) is 22.8. The third kappa shape index (κ3) is 5.31. The minimum absolute atomic E-state index is 0.234. The molecule has 0 atom stereocenters. The van der Waals surface area contributed by atoms with Crippen molar-refractivity contribution < 1.29 is 19.1 Å². The number of methoxy groups -OCH3 is 1. The second-order valence-corrected chi connectivity index (χ2v) is 10.3. The Labute approximate surface area is 231 Å². The average Bonchev–Trinajstić information content (AvgIpc) is 3.26. The maximum Gasteiger partial charge on any atom is 0.419 e. The molecule has 0 saturated carbocycles. The molecule has 40 heavy (non-hydrogen) atoms. The number of nitrogens with one attached hydrogen (secondary N) is 1. The van der Waals surface area contributed by atoms with Gasteiger partial charge in [-0.25, -0.2) is 14.3 Å². The van der Waals surface area contributed by atoms with E-state index in [0.29, 0.717) is 40.3 Å². The summed E-state index contributed by atoms with van der Waals surface area (Å²) in [5.41, 5.74) is 2.11. The van der Waals surface area contributed by atoms with Crippen LogP contribution < -0.4 is 15.6 Å². The Balaban J connectivity index is 1.60. The molecular weight excluding hydrogens is 508 g/mol. The number of carbonyl (C=O) groups excluding carboxylic acids is 2.